The second-order valence-corrected chi connectivity index (χ2v) is 5.76. The fourth-order valence-electron chi connectivity index (χ4n) is 2.36. The molecule has 7 nitrogen and oxygen atoms in total. The average molecular weight is 332 g/mol. The number of tetrazole rings is 1. The van der Waals surface area contributed by atoms with Gasteiger partial charge in [-0.25, -0.2) is 4.68 Å². The van der Waals surface area contributed by atoms with Crippen molar-refractivity contribution in [2.45, 2.75) is 19.9 Å². The molecule has 1 heterocycles. The number of carbonyl (C=O) groups is 1. The van der Waals surface area contributed by atoms with Crippen molar-refractivity contribution in [3.8, 4) is 17.5 Å². The Balaban J connectivity index is 1.84. The lowest BCUT2D eigenvalue weighted by atomic mass is 10.1. The van der Waals surface area contributed by atoms with E-state index in [-0.39, 0.29) is 11.9 Å². The monoisotopic (exact) mass is 332 g/mol. The molecule has 0 bridgehead atoms. The van der Waals surface area contributed by atoms with Crippen molar-refractivity contribution in [1.82, 2.24) is 20.2 Å². The van der Waals surface area contributed by atoms with Crippen LogP contribution in [0.25, 0.3) is 11.4 Å². The standard InChI is InChI=1S/C18H16N6O/c1-12(2)24-17(21-22-23-24)14-4-3-5-15(10-14)18(25)20-16-8-6-13(11-19)7-9-16/h3-10,12H,1-2H3,(H,20,25). The minimum absolute atomic E-state index is 0.112. The van der Waals surface area contributed by atoms with Gasteiger partial charge in [0, 0.05) is 16.8 Å². The van der Waals surface area contributed by atoms with E-state index < -0.39 is 0 Å². The van der Waals surface area contributed by atoms with Gasteiger partial charge in [-0.2, -0.15) is 5.26 Å². The number of amides is 1. The maximum Gasteiger partial charge on any atom is 0.255 e. The van der Waals surface area contributed by atoms with E-state index in [1.165, 1.54) is 0 Å². The fraction of sp³-hybridized carbons (Fsp3) is 0.167. The van der Waals surface area contributed by atoms with E-state index in [1.54, 1.807) is 47.1 Å². The summed E-state index contributed by atoms with van der Waals surface area (Å²) in [6.45, 7) is 3.97. The molecule has 7 heteroatoms. The molecule has 0 unspecified atom stereocenters. The van der Waals surface area contributed by atoms with Crippen molar-refractivity contribution in [3.05, 3.63) is 59.7 Å². The SMILES string of the molecule is CC(C)n1nnnc1-c1cccc(C(=O)Nc2ccc(C#N)cc2)c1. The van der Waals surface area contributed by atoms with E-state index in [4.69, 9.17) is 5.26 Å². The van der Waals surface area contributed by atoms with Gasteiger partial charge in [0.05, 0.1) is 17.7 Å². The van der Waals surface area contributed by atoms with E-state index in [0.717, 1.165) is 5.56 Å². The number of nitrogens with one attached hydrogen (secondary N) is 1. The van der Waals surface area contributed by atoms with E-state index in [9.17, 15) is 4.79 Å². The Morgan fingerprint density at radius 2 is 1.96 bits per heavy atom. The van der Waals surface area contributed by atoms with Crippen molar-refractivity contribution in [1.29, 1.82) is 5.26 Å². The maximum absolute atomic E-state index is 12.5. The highest BCUT2D eigenvalue weighted by Gasteiger charge is 2.14. The third-order valence-electron chi connectivity index (χ3n) is 3.64. The van der Waals surface area contributed by atoms with Crippen molar-refractivity contribution in [2.24, 2.45) is 0 Å². The summed E-state index contributed by atoms with van der Waals surface area (Å²) in [5.41, 5.74) is 2.44. The Labute approximate surface area is 144 Å². The number of anilines is 1. The molecule has 124 valence electrons. The predicted molar refractivity (Wildman–Crippen MR) is 92.7 cm³/mol. The number of benzene rings is 2. The molecule has 0 atom stereocenters. The Morgan fingerprint density at radius 1 is 1.20 bits per heavy atom. The second-order valence-electron chi connectivity index (χ2n) is 5.76. The van der Waals surface area contributed by atoms with Gasteiger partial charge in [-0.1, -0.05) is 12.1 Å². The van der Waals surface area contributed by atoms with Crippen molar-refractivity contribution >= 4 is 11.6 Å². The molecule has 3 rings (SSSR count). The molecule has 0 spiro atoms. The summed E-state index contributed by atoms with van der Waals surface area (Å²) in [5.74, 6) is 0.373. The van der Waals surface area contributed by atoms with Crippen LogP contribution in [0.5, 0.6) is 0 Å². The molecule has 0 aliphatic heterocycles. The van der Waals surface area contributed by atoms with E-state index in [0.29, 0.717) is 22.6 Å². The van der Waals surface area contributed by atoms with Crippen molar-refractivity contribution in [2.75, 3.05) is 5.32 Å². The number of nitriles is 1. The largest absolute Gasteiger partial charge is 0.322 e. The highest BCUT2D eigenvalue weighted by molar-refractivity contribution is 6.04. The zero-order valence-corrected chi connectivity index (χ0v) is 13.8. The van der Waals surface area contributed by atoms with Crippen LogP contribution in [-0.2, 0) is 0 Å². The Morgan fingerprint density at radius 3 is 2.64 bits per heavy atom. The maximum atomic E-state index is 12.5. The van der Waals surface area contributed by atoms with Crippen molar-refractivity contribution < 1.29 is 4.79 Å². The van der Waals surface area contributed by atoms with Crippen LogP contribution in [0.2, 0.25) is 0 Å². The minimum Gasteiger partial charge on any atom is -0.322 e. The zero-order valence-electron chi connectivity index (χ0n) is 13.8. The van der Waals surface area contributed by atoms with E-state index in [1.807, 2.05) is 26.0 Å². The lowest BCUT2D eigenvalue weighted by molar-refractivity contribution is 0.102. The molecule has 2 aromatic carbocycles. The number of rotatable bonds is 4. The number of carbonyl (C=O) groups excluding carboxylic acids is 1. The van der Waals surface area contributed by atoms with Crippen LogP contribution < -0.4 is 5.32 Å². The first-order chi connectivity index (χ1) is 12.1. The molecular weight excluding hydrogens is 316 g/mol. The third-order valence-corrected chi connectivity index (χ3v) is 3.64. The normalized spacial score (nSPS) is 10.5. The highest BCUT2D eigenvalue weighted by atomic mass is 16.1. The van der Waals surface area contributed by atoms with Crippen LogP contribution in [0, 0.1) is 11.3 Å². The van der Waals surface area contributed by atoms with Crippen LogP contribution in [0.4, 0.5) is 5.69 Å². The topological polar surface area (TPSA) is 96.5 Å². The summed E-state index contributed by atoms with van der Waals surface area (Å²) in [5, 5.41) is 23.4. The molecule has 0 radical (unpaired) electrons. The Kier molecular flexibility index (Phi) is 4.53. The summed E-state index contributed by atoms with van der Waals surface area (Å²) >= 11 is 0. The molecule has 1 N–H and O–H groups in total. The molecular formula is C18H16N6O. The average Bonchev–Trinajstić information content (AvgIpc) is 3.12. The van der Waals surface area contributed by atoms with Crippen LogP contribution in [0.1, 0.15) is 35.8 Å². The summed E-state index contributed by atoms with van der Waals surface area (Å²) in [7, 11) is 0. The lowest BCUT2D eigenvalue weighted by Gasteiger charge is -2.09. The van der Waals surface area contributed by atoms with Crippen LogP contribution >= 0.6 is 0 Å². The highest BCUT2D eigenvalue weighted by Crippen LogP contribution is 2.20. The molecule has 3 aromatic rings. The zero-order chi connectivity index (χ0) is 17.8. The molecule has 1 aromatic heterocycles. The summed E-state index contributed by atoms with van der Waals surface area (Å²) in [6, 6.07) is 16.0. The van der Waals surface area contributed by atoms with Gasteiger partial charge in [-0.15, -0.1) is 5.10 Å². The molecule has 25 heavy (non-hydrogen) atoms. The molecule has 0 aliphatic rings. The van der Waals surface area contributed by atoms with Crippen LogP contribution in [0.15, 0.2) is 48.5 Å². The van der Waals surface area contributed by atoms with Gasteiger partial charge in [0.15, 0.2) is 5.82 Å². The first kappa shape index (κ1) is 16.3. The fourth-order valence-corrected chi connectivity index (χ4v) is 2.36. The molecule has 0 fully saturated rings. The van der Waals surface area contributed by atoms with E-state index >= 15 is 0 Å². The second kappa shape index (κ2) is 6.93. The first-order valence-corrected chi connectivity index (χ1v) is 7.78. The Bertz CT molecular complexity index is 937. The van der Waals surface area contributed by atoms with Gasteiger partial charge in [-0.05, 0) is 60.7 Å². The minimum atomic E-state index is -0.241. The van der Waals surface area contributed by atoms with E-state index in [2.05, 4.69) is 20.8 Å². The third kappa shape index (κ3) is 3.53. The number of aromatic nitrogens is 4. The van der Waals surface area contributed by atoms with Crippen molar-refractivity contribution in [3.63, 3.8) is 0 Å². The van der Waals surface area contributed by atoms with Gasteiger partial charge in [0.2, 0.25) is 0 Å². The first-order valence-electron chi connectivity index (χ1n) is 7.78. The number of hydrogen-bond acceptors (Lipinski definition) is 5. The summed E-state index contributed by atoms with van der Waals surface area (Å²) < 4.78 is 1.71. The van der Waals surface area contributed by atoms with Gasteiger partial charge in [0.25, 0.3) is 5.91 Å². The van der Waals surface area contributed by atoms with Crippen LogP contribution in [0.3, 0.4) is 0 Å². The lowest BCUT2D eigenvalue weighted by Crippen LogP contribution is -2.12. The quantitative estimate of drug-likeness (QED) is 0.792. The molecule has 1 amide bonds. The number of hydrogen-bond donors (Lipinski definition) is 1. The molecule has 0 saturated carbocycles. The Hall–Kier alpha value is -3.53. The van der Waals surface area contributed by atoms with Gasteiger partial charge in [-0.3, -0.25) is 4.79 Å². The predicted octanol–water partition coefficient (Wildman–Crippen LogP) is 3.04. The molecule has 0 aliphatic carbocycles. The van der Waals surface area contributed by atoms with Gasteiger partial charge < -0.3 is 5.32 Å². The van der Waals surface area contributed by atoms with Gasteiger partial charge >= 0.3 is 0 Å². The summed E-state index contributed by atoms with van der Waals surface area (Å²) in [4.78, 5) is 12.5. The molecule has 0 saturated heterocycles. The van der Waals surface area contributed by atoms with Gasteiger partial charge in [0.1, 0.15) is 0 Å². The smallest absolute Gasteiger partial charge is 0.255 e. The number of nitrogens with zero attached hydrogens (tertiary/aromatic N) is 5. The van der Waals surface area contributed by atoms with Crippen LogP contribution in [-0.4, -0.2) is 26.1 Å². The summed E-state index contributed by atoms with van der Waals surface area (Å²) in [6.07, 6.45) is 0.